The Hall–Kier alpha value is -2.74. The minimum absolute atomic E-state index is 0.0569. The Morgan fingerprint density at radius 2 is 2.11 bits per heavy atom. The van der Waals surface area contributed by atoms with Crippen molar-refractivity contribution in [2.45, 2.75) is 25.9 Å². The minimum atomic E-state index is -1.43. The molecular formula is C20H21F2N3O3. The zero-order chi connectivity index (χ0) is 20.2. The molecule has 0 bridgehead atoms. The number of carboxylic acids is 1. The fourth-order valence-electron chi connectivity index (χ4n) is 4.45. The maximum absolute atomic E-state index is 15.5. The van der Waals surface area contributed by atoms with Gasteiger partial charge in [-0.3, -0.25) is 4.79 Å². The van der Waals surface area contributed by atoms with Gasteiger partial charge in [0.15, 0.2) is 5.82 Å². The third kappa shape index (κ3) is 2.71. The van der Waals surface area contributed by atoms with Crippen molar-refractivity contribution in [1.29, 1.82) is 0 Å². The summed E-state index contributed by atoms with van der Waals surface area (Å²) in [5.41, 5.74) is 4.50. The molecule has 8 heteroatoms. The smallest absolute Gasteiger partial charge is 0.341 e. The Balaban J connectivity index is 1.90. The van der Waals surface area contributed by atoms with Gasteiger partial charge in [-0.2, -0.15) is 0 Å². The number of aromatic carboxylic acids is 1. The van der Waals surface area contributed by atoms with Crippen LogP contribution in [0.15, 0.2) is 29.2 Å². The van der Waals surface area contributed by atoms with Crippen molar-refractivity contribution in [3.63, 3.8) is 0 Å². The van der Waals surface area contributed by atoms with E-state index in [1.165, 1.54) is 4.57 Å². The van der Waals surface area contributed by atoms with E-state index in [9.17, 15) is 19.1 Å². The first-order chi connectivity index (χ1) is 13.3. The van der Waals surface area contributed by atoms with Gasteiger partial charge in [0.05, 0.1) is 10.9 Å². The Bertz CT molecular complexity index is 1060. The lowest BCUT2D eigenvalue weighted by Gasteiger charge is -2.25. The summed E-state index contributed by atoms with van der Waals surface area (Å²) < 4.78 is 31.7. The summed E-state index contributed by atoms with van der Waals surface area (Å²) in [6.45, 7) is 2.81. The summed E-state index contributed by atoms with van der Waals surface area (Å²) in [4.78, 5) is 25.4. The fraction of sp³-hybridized carbons (Fsp3) is 0.400. The second kappa shape index (κ2) is 6.70. The van der Waals surface area contributed by atoms with Crippen LogP contribution in [0.25, 0.3) is 10.9 Å². The van der Waals surface area contributed by atoms with E-state index in [0.717, 1.165) is 18.7 Å². The van der Waals surface area contributed by atoms with Crippen LogP contribution in [0.5, 0.6) is 0 Å². The Morgan fingerprint density at radius 3 is 2.75 bits per heavy atom. The molecule has 0 saturated carbocycles. The molecule has 2 heterocycles. The molecule has 0 radical (unpaired) electrons. The van der Waals surface area contributed by atoms with Gasteiger partial charge < -0.3 is 20.3 Å². The third-order valence-corrected chi connectivity index (χ3v) is 5.87. The Morgan fingerprint density at radius 1 is 1.36 bits per heavy atom. The molecule has 28 heavy (non-hydrogen) atoms. The lowest BCUT2D eigenvalue weighted by Crippen LogP contribution is -2.36. The van der Waals surface area contributed by atoms with E-state index in [1.807, 2.05) is 12.2 Å². The Labute approximate surface area is 159 Å². The number of carboxylic acid groups (broad SMARTS) is 1. The first kappa shape index (κ1) is 18.6. The number of hydrogen-bond acceptors (Lipinski definition) is 4. The van der Waals surface area contributed by atoms with Crippen molar-refractivity contribution in [3.8, 4) is 0 Å². The van der Waals surface area contributed by atoms with E-state index in [2.05, 4.69) is 0 Å². The van der Waals surface area contributed by atoms with E-state index in [4.69, 9.17) is 5.73 Å². The molecule has 0 spiro atoms. The molecule has 1 aliphatic heterocycles. The highest BCUT2D eigenvalue weighted by Crippen LogP contribution is 2.38. The number of benzene rings is 1. The van der Waals surface area contributed by atoms with E-state index >= 15 is 4.39 Å². The molecule has 3 atom stereocenters. The van der Waals surface area contributed by atoms with Crippen molar-refractivity contribution in [1.82, 2.24) is 4.57 Å². The molecule has 2 aromatic rings. The van der Waals surface area contributed by atoms with Gasteiger partial charge in [-0.15, -0.1) is 0 Å². The largest absolute Gasteiger partial charge is 0.477 e. The predicted molar refractivity (Wildman–Crippen MR) is 102 cm³/mol. The van der Waals surface area contributed by atoms with Crippen LogP contribution in [0.2, 0.25) is 0 Å². The van der Waals surface area contributed by atoms with Gasteiger partial charge in [-0.05, 0) is 25.3 Å². The van der Waals surface area contributed by atoms with Gasteiger partial charge in [-0.25, -0.2) is 13.6 Å². The number of aromatic nitrogens is 1. The molecule has 148 valence electrons. The number of rotatable bonds is 3. The van der Waals surface area contributed by atoms with Gasteiger partial charge in [0.25, 0.3) is 0 Å². The van der Waals surface area contributed by atoms with Crippen LogP contribution in [0.3, 0.4) is 0 Å². The first-order valence-electron chi connectivity index (χ1n) is 9.29. The van der Waals surface area contributed by atoms with Crippen LogP contribution in [-0.4, -0.2) is 34.8 Å². The maximum atomic E-state index is 15.5. The van der Waals surface area contributed by atoms with Crippen LogP contribution >= 0.6 is 0 Å². The predicted octanol–water partition coefficient (Wildman–Crippen LogP) is 2.34. The number of carbonyl (C=O) groups is 1. The number of nitrogens with zero attached hydrogens (tertiary/aromatic N) is 2. The molecule has 1 fully saturated rings. The van der Waals surface area contributed by atoms with E-state index in [1.54, 1.807) is 11.8 Å². The lowest BCUT2D eigenvalue weighted by atomic mass is 9.83. The van der Waals surface area contributed by atoms with Gasteiger partial charge in [0, 0.05) is 37.8 Å². The molecule has 4 rings (SSSR count). The molecule has 1 aromatic heterocycles. The number of aryl methyl sites for hydroxylation is 1. The fourth-order valence-corrected chi connectivity index (χ4v) is 4.45. The number of pyridine rings is 1. The normalized spacial score (nSPS) is 24.0. The van der Waals surface area contributed by atoms with E-state index in [0.29, 0.717) is 13.1 Å². The SMILES string of the molecule is CCn1cc(C(=O)O)c(=O)c2cc(F)c(N3CC4C=CCC(N)C4C3)c(F)c21. The molecular weight excluding hydrogens is 368 g/mol. The van der Waals surface area contributed by atoms with E-state index < -0.39 is 28.6 Å². The molecule has 3 unspecified atom stereocenters. The van der Waals surface area contributed by atoms with Crippen LogP contribution in [0.1, 0.15) is 23.7 Å². The maximum Gasteiger partial charge on any atom is 0.341 e. The molecule has 2 aliphatic rings. The van der Waals surface area contributed by atoms with Crippen LogP contribution in [0, 0.1) is 23.5 Å². The number of hydrogen-bond donors (Lipinski definition) is 2. The standard InChI is InChI=1S/C20H21F2N3O3/c1-2-24-9-13(20(27)28)19(26)11-6-14(21)18(16(22)17(11)24)25-7-10-4-3-5-15(23)12(10)8-25/h3-4,6,9-10,12,15H,2,5,7-8,23H2,1H3,(H,27,28). The van der Waals surface area contributed by atoms with Crippen molar-refractivity contribution >= 4 is 22.6 Å². The monoisotopic (exact) mass is 389 g/mol. The van der Waals surface area contributed by atoms with Crippen LogP contribution in [0.4, 0.5) is 14.5 Å². The first-order valence-corrected chi connectivity index (χ1v) is 9.29. The summed E-state index contributed by atoms with van der Waals surface area (Å²) in [6.07, 6.45) is 5.90. The third-order valence-electron chi connectivity index (χ3n) is 5.87. The molecule has 6 nitrogen and oxygen atoms in total. The molecule has 1 aliphatic carbocycles. The van der Waals surface area contributed by atoms with Crippen molar-refractivity contribution < 1.29 is 18.7 Å². The van der Waals surface area contributed by atoms with Crippen molar-refractivity contribution in [2.24, 2.45) is 17.6 Å². The second-order valence-electron chi connectivity index (χ2n) is 7.44. The Kier molecular flexibility index (Phi) is 4.45. The minimum Gasteiger partial charge on any atom is -0.477 e. The van der Waals surface area contributed by atoms with Crippen molar-refractivity contribution in [2.75, 3.05) is 18.0 Å². The topological polar surface area (TPSA) is 88.6 Å². The van der Waals surface area contributed by atoms with Crippen LogP contribution < -0.4 is 16.1 Å². The average molecular weight is 389 g/mol. The highest BCUT2D eigenvalue weighted by Gasteiger charge is 2.39. The molecule has 1 aromatic carbocycles. The lowest BCUT2D eigenvalue weighted by molar-refractivity contribution is 0.0695. The highest BCUT2D eigenvalue weighted by molar-refractivity contribution is 5.93. The van der Waals surface area contributed by atoms with Gasteiger partial charge >= 0.3 is 5.97 Å². The summed E-state index contributed by atoms with van der Waals surface area (Å²) in [6, 6.07) is 0.894. The van der Waals surface area contributed by atoms with Crippen LogP contribution in [-0.2, 0) is 6.54 Å². The molecule has 1 saturated heterocycles. The quantitative estimate of drug-likeness (QED) is 0.787. The highest BCUT2D eigenvalue weighted by atomic mass is 19.1. The number of halogens is 2. The zero-order valence-corrected chi connectivity index (χ0v) is 15.4. The van der Waals surface area contributed by atoms with Gasteiger partial charge in [0.2, 0.25) is 5.43 Å². The van der Waals surface area contributed by atoms with Crippen molar-refractivity contribution in [3.05, 3.63) is 51.8 Å². The number of nitrogens with two attached hydrogens (primary N) is 1. The number of fused-ring (bicyclic) bond motifs is 2. The molecule has 3 N–H and O–H groups in total. The summed E-state index contributed by atoms with van der Waals surface area (Å²) >= 11 is 0. The average Bonchev–Trinajstić information content (AvgIpc) is 3.07. The summed E-state index contributed by atoms with van der Waals surface area (Å²) in [5.74, 6) is -2.91. The van der Waals surface area contributed by atoms with Gasteiger partial charge in [-0.1, -0.05) is 12.2 Å². The summed E-state index contributed by atoms with van der Waals surface area (Å²) in [5, 5.41) is 8.96. The summed E-state index contributed by atoms with van der Waals surface area (Å²) in [7, 11) is 0. The zero-order valence-electron chi connectivity index (χ0n) is 15.4. The van der Waals surface area contributed by atoms with E-state index in [-0.39, 0.29) is 41.0 Å². The van der Waals surface area contributed by atoms with Gasteiger partial charge in [0.1, 0.15) is 17.1 Å². The molecule has 0 amide bonds. The second-order valence-corrected chi connectivity index (χ2v) is 7.44. The number of anilines is 1.